The number of amides is 2. The molecular formula is C50H70N2O8. The summed E-state index contributed by atoms with van der Waals surface area (Å²) in [6.07, 6.45) is 13.2. The van der Waals surface area contributed by atoms with Crippen LogP contribution >= 0.6 is 0 Å². The lowest BCUT2D eigenvalue weighted by molar-refractivity contribution is -0.250. The van der Waals surface area contributed by atoms with Gasteiger partial charge in [0.05, 0.1) is 17.3 Å². The number of esters is 1. The molecule has 10 nitrogen and oxygen atoms in total. The van der Waals surface area contributed by atoms with Crippen molar-refractivity contribution in [1.29, 1.82) is 0 Å². The quantitative estimate of drug-likeness (QED) is 0.157. The Morgan fingerprint density at radius 3 is 2.25 bits per heavy atom. The Bertz CT molecular complexity index is 1960. The number of aliphatic carboxylic acids is 1. The molecule has 7 aliphatic rings. The van der Waals surface area contributed by atoms with Crippen molar-refractivity contribution >= 4 is 29.8 Å². The number of carbonyl (C=O) groups is 4. The maximum absolute atomic E-state index is 15.2. The Labute approximate surface area is 357 Å². The molecule has 5 saturated carbocycles. The van der Waals surface area contributed by atoms with Crippen LogP contribution in [0.3, 0.4) is 0 Å². The normalized spacial score (nSPS) is 38.0. The van der Waals surface area contributed by atoms with Gasteiger partial charge in [-0.1, -0.05) is 52.8 Å². The van der Waals surface area contributed by atoms with Crippen LogP contribution in [0.4, 0.5) is 0 Å². The second kappa shape index (κ2) is 14.9. The van der Waals surface area contributed by atoms with Crippen molar-refractivity contribution in [3.8, 4) is 11.5 Å². The Morgan fingerprint density at radius 2 is 1.55 bits per heavy atom. The molecule has 8 rings (SSSR count). The van der Waals surface area contributed by atoms with E-state index < -0.39 is 22.8 Å². The number of hydrogen-bond donors (Lipinski definition) is 1. The Morgan fingerprint density at radius 1 is 0.850 bits per heavy atom. The summed E-state index contributed by atoms with van der Waals surface area (Å²) in [5.74, 6) is 2.17. The minimum atomic E-state index is -1.17. The van der Waals surface area contributed by atoms with Crippen LogP contribution in [-0.4, -0.2) is 77.7 Å². The minimum Gasteiger partial charge on any atom is -0.481 e. The van der Waals surface area contributed by atoms with Crippen molar-refractivity contribution in [2.75, 3.05) is 33.0 Å². The lowest BCUT2D eigenvalue weighted by Crippen LogP contribution is -2.68. The summed E-state index contributed by atoms with van der Waals surface area (Å²) in [6.45, 7) is 24.6. The zero-order valence-corrected chi connectivity index (χ0v) is 37.6. The Kier molecular flexibility index (Phi) is 10.7. The standard InChI is InChI=1S/C50H70N2O8/c1-31(2)33-16-21-50(43(55)52-26-24-51(25-27-52)40(53)15-11-32-10-13-35-36(28-32)59-30-58-35)23-22-48(8)34(42(33)50)12-14-38-47(7)19-18-39(60-41(54)29-45(3,4)44(56)57)46(5,6)37(47)17-20-49(38,48)9/h10-11,13,15,28,33-34,37-39,42H,1,12,14,16-27,29-30H2,2-9H3,(H,56,57)/b15-11+/t33-,34+,37-,38+,39-,42+,47-,48+,49+,50-/m0/s1. The zero-order valence-electron chi connectivity index (χ0n) is 37.6. The number of carbonyl (C=O) groups excluding carboxylic acids is 3. The number of benzene rings is 1. The van der Waals surface area contributed by atoms with E-state index in [-0.39, 0.29) is 52.8 Å². The lowest BCUT2D eigenvalue weighted by atomic mass is 9.32. The first kappa shape index (κ1) is 42.9. The van der Waals surface area contributed by atoms with Crippen molar-refractivity contribution in [1.82, 2.24) is 9.80 Å². The zero-order chi connectivity index (χ0) is 43.2. The van der Waals surface area contributed by atoms with Crippen LogP contribution in [0.2, 0.25) is 0 Å². The number of carboxylic acid groups (broad SMARTS) is 1. The SMILES string of the molecule is C=C(C)[C@@H]1CC[C@]2(C(=O)N3CCN(C(=O)/C=C/c4ccc5c(c4)OCO5)CC3)CC[C@]3(C)[C@H](CC[C@@H]4[C@@]5(C)CC[C@H](OC(=O)CC(C)(C)C(=O)O)C(C)(C)[C@@H]5CC[C@]43C)[C@@H]12. The first-order valence-electron chi connectivity index (χ1n) is 22.9. The number of fused-ring (bicyclic) bond motifs is 8. The highest BCUT2D eigenvalue weighted by Gasteiger charge is 2.72. The van der Waals surface area contributed by atoms with Crippen molar-refractivity contribution in [2.45, 2.75) is 132 Å². The van der Waals surface area contributed by atoms with Crippen LogP contribution < -0.4 is 9.47 Å². The highest BCUT2D eigenvalue weighted by atomic mass is 16.7. The van der Waals surface area contributed by atoms with Gasteiger partial charge in [0, 0.05) is 37.7 Å². The Balaban J connectivity index is 0.974. The minimum absolute atomic E-state index is 0.0430. The van der Waals surface area contributed by atoms with Crippen LogP contribution in [0.5, 0.6) is 11.5 Å². The maximum atomic E-state index is 15.2. The van der Waals surface area contributed by atoms with Gasteiger partial charge in [0.25, 0.3) is 0 Å². The predicted octanol–water partition coefficient (Wildman–Crippen LogP) is 9.17. The monoisotopic (exact) mass is 827 g/mol. The molecule has 0 spiro atoms. The summed E-state index contributed by atoms with van der Waals surface area (Å²) in [4.78, 5) is 57.4. The second-order valence-electron chi connectivity index (χ2n) is 22.1. The smallest absolute Gasteiger partial charge is 0.309 e. The van der Waals surface area contributed by atoms with Crippen molar-refractivity contribution in [3.05, 3.63) is 42.0 Å². The lowest BCUT2D eigenvalue weighted by Gasteiger charge is -2.73. The molecule has 1 N–H and O–H groups in total. The molecule has 2 aliphatic heterocycles. The van der Waals surface area contributed by atoms with Gasteiger partial charge in [-0.15, -0.1) is 0 Å². The summed E-state index contributed by atoms with van der Waals surface area (Å²) in [7, 11) is 0. The van der Waals surface area contributed by atoms with Crippen LogP contribution in [0.1, 0.15) is 132 Å². The second-order valence-corrected chi connectivity index (χ2v) is 22.1. The fourth-order valence-electron chi connectivity index (χ4n) is 15.1. The molecule has 60 heavy (non-hydrogen) atoms. The number of piperazine rings is 1. The molecule has 2 heterocycles. The van der Waals surface area contributed by atoms with Gasteiger partial charge in [0.1, 0.15) is 6.10 Å². The third-order valence-corrected chi connectivity index (χ3v) is 18.6. The summed E-state index contributed by atoms with van der Waals surface area (Å²) in [6, 6.07) is 5.66. The summed E-state index contributed by atoms with van der Waals surface area (Å²) in [5, 5.41) is 9.65. The molecule has 328 valence electrons. The van der Waals surface area contributed by atoms with Gasteiger partial charge in [-0.3, -0.25) is 19.2 Å². The van der Waals surface area contributed by atoms with E-state index in [1.54, 1.807) is 19.9 Å². The van der Waals surface area contributed by atoms with E-state index in [0.29, 0.717) is 67.3 Å². The molecule has 1 aromatic carbocycles. The van der Waals surface area contributed by atoms with Gasteiger partial charge >= 0.3 is 11.9 Å². The van der Waals surface area contributed by atoms with Crippen LogP contribution in [-0.2, 0) is 23.9 Å². The molecule has 0 bridgehead atoms. The first-order chi connectivity index (χ1) is 28.2. The van der Waals surface area contributed by atoms with Crippen LogP contribution in [0, 0.1) is 62.1 Å². The summed E-state index contributed by atoms with van der Waals surface area (Å²) >= 11 is 0. The third kappa shape index (κ3) is 6.62. The van der Waals surface area contributed by atoms with Gasteiger partial charge in [-0.2, -0.15) is 0 Å². The van der Waals surface area contributed by atoms with E-state index in [2.05, 4.69) is 53.0 Å². The van der Waals surface area contributed by atoms with Gasteiger partial charge in [0.2, 0.25) is 18.6 Å². The molecule has 1 aromatic rings. The van der Waals surface area contributed by atoms with E-state index in [9.17, 15) is 19.5 Å². The molecule has 6 fully saturated rings. The van der Waals surface area contributed by atoms with Gasteiger partial charge in [0.15, 0.2) is 11.5 Å². The molecule has 1 saturated heterocycles. The number of ether oxygens (including phenoxy) is 3. The van der Waals surface area contributed by atoms with Gasteiger partial charge in [-0.05, 0) is 155 Å². The molecule has 0 radical (unpaired) electrons. The van der Waals surface area contributed by atoms with Gasteiger partial charge in [-0.25, -0.2) is 0 Å². The number of carboxylic acids is 1. The molecule has 5 aliphatic carbocycles. The number of hydrogen-bond acceptors (Lipinski definition) is 7. The van der Waals surface area contributed by atoms with Gasteiger partial charge < -0.3 is 29.1 Å². The molecule has 10 heteroatoms. The van der Waals surface area contributed by atoms with E-state index in [1.165, 1.54) is 5.57 Å². The summed E-state index contributed by atoms with van der Waals surface area (Å²) in [5.41, 5.74) is 0.543. The van der Waals surface area contributed by atoms with E-state index >= 15 is 4.79 Å². The first-order valence-corrected chi connectivity index (χ1v) is 22.9. The topological polar surface area (TPSA) is 123 Å². The highest BCUT2D eigenvalue weighted by molar-refractivity contribution is 5.92. The van der Waals surface area contributed by atoms with Crippen LogP contribution in [0.15, 0.2) is 36.4 Å². The number of rotatable bonds is 8. The van der Waals surface area contributed by atoms with Crippen molar-refractivity contribution in [2.24, 2.45) is 62.1 Å². The third-order valence-electron chi connectivity index (χ3n) is 18.6. The fourth-order valence-corrected chi connectivity index (χ4v) is 15.1. The Hall–Kier alpha value is -3.82. The largest absolute Gasteiger partial charge is 0.481 e. The average Bonchev–Trinajstić information content (AvgIpc) is 3.83. The molecule has 10 atom stereocenters. The molecule has 0 aromatic heterocycles. The fraction of sp³-hybridized carbons (Fsp3) is 0.720. The molecular weight excluding hydrogens is 757 g/mol. The number of allylic oxidation sites excluding steroid dienone is 1. The average molecular weight is 827 g/mol. The van der Waals surface area contributed by atoms with Crippen molar-refractivity contribution in [3.63, 3.8) is 0 Å². The highest BCUT2D eigenvalue weighted by Crippen LogP contribution is 2.77. The number of nitrogens with zero attached hydrogens (tertiary/aromatic N) is 2. The maximum Gasteiger partial charge on any atom is 0.309 e. The van der Waals surface area contributed by atoms with E-state index in [0.717, 1.165) is 69.8 Å². The van der Waals surface area contributed by atoms with E-state index in [1.807, 2.05) is 29.2 Å². The van der Waals surface area contributed by atoms with Crippen LogP contribution in [0.25, 0.3) is 6.08 Å². The summed E-state index contributed by atoms with van der Waals surface area (Å²) < 4.78 is 17.1. The molecule has 2 amide bonds. The predicted molar refractivity (Wildman–Crippen MR) is 230 cm³/mol. The molecule has 0 unspecified atom stereocenters. The van der Waals surface area contributed by atoms with Crippen molar-refractivity contribution < 1.29 is 38.5 Å². The van der Waals surface area contributed by atoms with E-state index in [4.69, 9.17) is 14.2 Å².